The molecule has 0 aliphatic carbocycles. The van der Waals surface area contributed by atoms with Crippen LogP contribution in [-0.2, 0) is 13.6 Å². The second-order valence-electron chi connectivity index (χ2n) is 4.60. The van der Waals surface area contributed by atoms with Gasteiger partial charge in [-0.1, -0.05) is 24.4 Å². The van der Waals surface area contributed by atoms with Crippen LogP contribution in [0, 0.1) is 0 Å². The lowest BCUT2D eigenvalue weighted by atomic mass is 10.1. The predicted molar refractivity (Wildman–Crippen MR) is 80.1 cm³/mol. The molecule has 3 rings (SSSR count). The van der Waals surface area contributed by atoms with Crippen molar-refractivity contribution in [3.8, 4) is 0 Å². The Morgan fingerprint density at radius 1 is 1.37 bits per heavy atom. The van der Waals surface area contributed by atoms with Crippen LogP contribution in [0.1, 0.15) is 11.1 Å². The first-order valence-electron chi connectivity index (χ1n) is 6.00. The molecule has 0 bridgehead atoms. The number of hydrogen-bond acceptors (Lipinski definition) is 2. The minimum atomic E-state index is 0.427. The monoisotopic (exact) mass is 270 g/mol. The number of nitrogens with two attached hydrogens (primary N) is 1. The van der Waals surface area contributed by atoms with Gasteiger partial charge in [0.2, 0.25) is 0 Å². The summed E-state index contributed by atoms with van der Waals surface area (Å²) in [6, 6.07) is 8.13. The van der Waals surface area contributed by atoms with Crippen molar-refractivity contribution in [1.29, 1.82) is 0 Å². The molecule has 0 fully saturated rings. The van der Waals surface area contributed by atoms with Crippen LogP contribution in [0.5, 0.6) is 0 Å². The zero-order chi connectivity index (χ0) is 13.4. The van der Waals surface area contributed by atoms with Gasteiger partial charge in [-0.2, -0.15) is 5.10 Å². The second kappa shape index (κ2) is 4.51. The van der Waals surface area contributed by atoms with Gasteiger partial charge >= 0.3 is 0 Å². The highest BCUT2D eigenvalue weighted by Crippen LogP contribution is 2.19. The molecular formula is C14H14N4S. The molecule has 2 N–H and O–H groups in total. The maximum absolute atomic E-state index is 5.69. The Kier molecular flexibility index (Phi) is 2.83. The molecular weight excluding hydrogens is 256 g/mol. The van der Waals surface area contributed by atoms with Gasteiger partial charge < -0.3 is 10.3 Å². The standard InChI is InChI=1S/C14H14N4S/c1-17-8-10(7-16-17)9-18-5-4-11-2-3-12(14(15)19)6-13(11)18/h2-8H,9H2,1H3,(H2,15,19). The van der Waals surface area contributed by atoms with Crippen molar-refractivity contribution < 1.29 is 0 Å². The zero-order valence-electron chi connectivity index (χ0n) is 10.6. The van der Waals surface area contributed by atoms with Crippen LogP contribution in [0.2, 0.25) is 0 Å². The van der Waals surface area contributed by atoms with Gasteiger partial charge in [-0.3, -0.25) is 4.68 Å². The van der Waals surface area contributed by atoms with Crippen molar-refractivity contribution in [2.75, 3.05) is 0 Å². The van der Waals surface area contributed by atoms with Gasteiger partial charge in [-0.05, 0) is 17.5 Å². The van der Waals surface area contributed by atoms with Crippen LogP contribution in [0.4, 0.5) is 0 Å². The molecule has 5 heteroatoms. The Hall–Kier alpha value is -2.14. The topological polar surface area (TPSA) is 48.8 Å². The molecule has 0 aliphatic heterocycles. The predicted octanol–water partition coefficient (Wildman–Crippen LogP) is 2.06. The van der Waals surface area contributed by atoms with E-state index in [1.165, 1.54) is 10.9 Å². The molecule has 0 spiro atoms. The SMILES string of the molecule is Cn1cc(Cn2ccc3ccc(C(N)=S)cc32)cn1. The third-order valence-corrected chi connectivity index (χ3v) is 3.41. The van der Waals surface area contributed by atoms with Crippen LogP contribution >= 0.6 is 12.2 Å². The van der Waals surface area contributed by atoms with Gasteiger partial charge in [0.15, 0.2) is 0 Å². The summed E-state index contributed by atoms with van der Waals surface area (Å²) in [7, 11) is 1.92. The lowest BCUT2D eigenvalue weighted by Crippen LogP contribution is -2.09. The Morgan fingerprint density at radius 2 is 2.21 bits per heavy atom. The van der Waals surface area contributed by atoms with E-state index in [-0.39, 0.29) is 0 Å². The van der Waals surface area contributed by atoms with E-state index in [1.54, 1.807) is 0 Å². The van der Waals surface area contributed by atoms with E-state index >= 15 is 0 Å². The van der Waals surface area contributed by atoms with Gasteiger partial charge in [-0.15, -0.1) is 0 Å². The summed E-state index contributed by atoms with van der Waals surface area (Å²) in [6.45, 7) is 0.790. The van der Waals surface area contributed by atoms with Crippen LogP contribution < -0.4 is 5.73 Å². The summed E-state index contributed by atoms with van der Waals surface area (Å²) < 4.78 is 3.98. The Bertz CT molecular complexity index is 754. The summed E-state index contributed by atoms with van der Waals surface area (Å²) in [5.41, 5.74) is 8.89. The third-order valence-electron chi connectivity index (χ3n) is 3.17. The first kappa shape index (κ1) is 11.9. The lowest BCUT2D eigenvalue weighted by Gasteiger charge is -2.05. The molecule has 19 heavy (non-hydrogen) atoms. The Balaban J connectivity index is 2.03. The molecule has 4 nitrogen and oxygen atoms in total. The number of aryl methyl sites for hydroxylation is 1. The maximum Gasteiger partial charge on any atom is 0.104 e. The number of rotatable bonds is 3. The summed E-state index contributed by atoms with van der Waals surface area (Å²) in [4.78, 5) is 0.427. The van der Waals surface area contributed by atoms with Crippen molar-refractivity contribution in [2.24, 2.45) is 12.8 Å². The van der Waals surface area contributed by atoms with Gasteiger partial charge in [0.25, 0.3) is 0 Å². The van der Waals surface area contributed by atoms with E-state index in [9.17, 15) is 0 Å². The molecule has 3 aromatic rings. The van der Waals surface area contributed by atoms with Crippen LogP contribution in [0.25, 0.3) is 10.9 Å². The zero-order valence-corrected chi connectivity index (χ0v) is 11.4. The third kappa shape index (κ3) is 2.24. The van der Waals surface area contributed by atoms with Gasteiger partial charge in [0, 0.05) is 36.1 Å². The van der Waals surface area contributed by atoms with Crippen LogP contribution in [-0.4, -0.2) is 19.3 Å². The fourth-order valence-corrected chi connectivity index (χ4v) is 2.35. The average Bonchev–Trinajstić information content (AvgIpc) is 2.96. The molecule has 0 saturated carbocycles. The van der Waals surface area contributed by atoms with Crippen LogP contribution in [0.15, 0.2) is 42.9 Å². The van der Waals surface area contributed by atoms with E-state index in [1.807, 2.05) is 42.3 Å². The summed E-state index contributed by atoms with van der Waals surface area (Å²) >= 11 is 5.03. The molecule has 0 atom stereocenters. The molecule has 2 heterocycles. The Morgan fingerprint density at radius 3 is 2.89 bits per heavy atom. The number of benzene rings is 1. The molecule has 0 aliphatic rings. The molecule has 1 aromatic carbocycles. The van der Waals surface area contributed by atoms with Gasteiger partial charge in [0.1, 0.15) is 4.99 Å². The number of thiocarbonyl (C=S) groups is 1. The van der Waals surface area contributed by atoms with E-state index in [4.69, 9.17) is 18.0 Å². The second-order valence-corrected chi connectivity index (χ2v) is 5.04. The molecule has 0 amide bonds. The highest BCUT2D eigenvalue weighted by Gasteiger charge is 2.05. The largest absolute Gasteiger partial charge is 0.389 e. The van der Waals surface area contributed by atoms with Crippen molar-refractivity contribution in [1.82, 2.24) is 14.3 Å². The van der Waals surface area contributed by atoms with Crippen LogP contribution in [0.3, 0.4) is 0 Å². The lowest BCUT2D eigenvalue weighted by molar-refractivity contribution is 0.764. The van der Waals surface area contributed by atoms with E-state index in [0.29, 0.717) is 4.99 Å². The fourth-order valence-electron chi connectivity index (χ4n) is 2.23. The molecule has 0 unspecified atom stereocenters. The number of fused-ring (bicyclic) bond motifs is 1. The Labute approximate surface area is 116 Å². The number of hydrogen-bond donors (Lipinski definition) is 1. The highest BCUT2D eigenvalue weighted by molar-refractivity contribution is 7.80. The molecule has 2 aromatic heterocycles. The summed E-state index contributed by atoms with van der Waals surface area (Å²) in [6.07, 6.45) is 5.97. The fraction of sp³-hybridized carbons (Fsp3) is 0.143. The maximum atomic E-state index is 5.69. The number of aromatic nitrogens is 3. The first-order valence-corrected chi connectivity index (χ1v) is 6.40. The first-order chi connectivity index (χ1) is 9.13. The van der Waals surface area contributed by atoms with Crippen molar-refractivity contribution in [2.45, 2.75) is 6.54 Å². The normalized spacial score (nSPS) is 11.0. The summed E-state index contributed by atoms with van der Waals surface area (Å²) in [5, 5.41) is 5.37. The van der Waals surface area contributed by atoms with Gasteiger partial charge in [-0.25, -0.2) is 0 Å². The minimum absolute atomic E-state index is 0.427. The highest BCUT2D eigenvalue weighted by atomic mass is 32.1. The average molecular weight is 270 g/mol. The van der Waals surface area contributed by atoms with Crippen molar-refractivity contribution >= 4 is 28.1 Å². The molecule has 0 saturated heterocycles. The molecule has 96 valence electrons. The summed E-state index contributed by atoms with van der Waals surface area (Å²) in [5.74, 6) is 0. The van der Waals surface area contributed by atoms with Crippen molar-refractivity contribution in [3.63, 3.8) is 0 Å². The van der Waals surface area contributed by atoms with Crippen molar-refractivity contribution in [3.05, 3.63) is 54.0 Å². The quantitative estimate of drug-likeness (QED) is 0.741. The molecule has 0 radical (unpaired) electrons. The van der Waals surface area contributed by atoms with Gasteiger partial charge in [0.05, 0.1) is 12.7 Å². The van der Waals surface area contributed by atoms with E-state index < -0.39 is 0 Å². The van der Waals surface area contributed by atoms with E-state index in [0.717, 1.165) is 17.6 Å². The smallest absolute Gasteiger partial charge is 0.104 e. The number of nitrogens with zero attached hydrogens (tertiary/aromatic N) is 3. The minimum Gasteiger partial charge on any atom is -0.389 e. The van der Waals surface area contributed by atoms with E-state index in [2.05, 4.69) is 21.9 Å².